The van der Waals surface area contributed by atoms with E-state index in [9.17, 15) is 9.90 Å². The number of hydrogen-bond donors (Lipinski definition) is 1. The molecule has 4 heteroatoms. The van der Waals surface area contributed by atoms with Gasteiger partial charge in [0.2, 0.25) is 0 Å². The number of nitrogens with zero attached hydrogens (tertiary/aromatic N) is 2. The van der Waals surface area contributed by atoms with Crippen LogP contribution in [-0.2, 0) is 6.54 Å². The van der Waals surface area contributed by atoms with Gasteiger partial charge in [0.15, 0.2) is 5.78 Å². The molecular formula is C16H12N2O2. The van der Waals surface area contributed by atoms with Crippen molar-refractivity contribution in [2.24, 2.45) is 4.99 Å². The van der Waals surface area contributed by atoms with Crippen molar-refractivity contribution < 1.29 is 9.90 Å². The summed E-state index contributed by atoms with van der Waals surface area (Å²) in [5.74, 6) is -0.187. The average molecular weight is 264 g/mol. The van der Waals surface area contributed by atoms with Crippen molar-refractivity contribution in [2.45, 2.75) is 6.54 Å². The molecule has 0 unspecified atom stereocenters. The summed E-state index contributed by atoms with van der Waals surface area (Å²) >= 11 is 0. The molecule has 1 aliphatic carbocycles. The Labute approximate surface area is 116 Å². The number of pyridine rings is 1. The number of allylic oxidation sites excluding steroid dienone is 1. The largest absolute Gasteiger partial charge is 0.506 e. The molecule has 0 fully saturated rings. The maximum Gasteiger partial charge on any atom is 0.199 e. The molecule has 1 N–H and O–H groups in total. The summed E-state index contributed by atoms with van der Waals surface area (Å²) in [4.78, 5) is 20.3. The number of ketones is 1. The Balaban J connectivity index is 1.82. The van der Waals surface area contributed by atoms with Gasteiger partial charge in [-0.3, -0.25) is 14.8 Å². The molecule has 0 atom stereocenters. The van der Waals surface area contributed by atoms with E-state index in [4.69, 9.17) is 0 Å². The van der Waals surface area contributed by atoms with Crippen LogP contribution in [0.25, 0.3) is 5.76 Å². The molecule has 2 aromatic rings. The van der Waals surface area contributed by atoms with Crippen molar-refractivity contribution in [2.75, 3.05) is 0 Å². The molecule has 98 valence electrons. The van der Waals surface area contributed by atoms with Crippen LogP contribution in [0, 0.1) is 0 Å². The summed E-state index contributed by atoms with van der Waals surface area (Å²) in [6.07, 6.45) is 4.85. The number of fused-ring (bicyclic) bond motifs is 1. The fourth-order valence-electron chi connectivity index (χ4n) is 2.14. The lowest BCUT2D eigenvalue weighted by Crippen LogP contribution is -2.00. The second-order valence-corrected chi connectivity index (χ2v) is 4.47. The van der Waals surface area contributed by atoms with Gasteiger partial charge in [-0.25, -0.2) is 0 Å². The molecule has 1 aromatic carbocycles. The molecule has 0 aliphatic heterocycles. The Morgan fingerprint density at radius 3 is 2.65 bits per heavy atom. The molecule has 1 aromatic heterocycles. The average Bonchev–Trinajstić information content (AvgIpc) is 2.74. The predicted molar refractivity (Wildman–Crippen MR) is 76.8 cm³/mol. The van der Waals surface area contributed by atoms with Gasteiger partial charge in [0, 0.05) is 29.7 Å². The third-order valence-corrected chi connectivity index (χ3v) is 3.14. The van der Waals surface area contributed by atoms with E-state index in [1.54, 1.807) is 36.7 Å². The fraction of sp³-hybridized carbons (Fsp3) is 0.0625. The minimum atomic E-state index is -0.187. The van der Waals surface area contributed by atoms with Crippen LogP contribution in [0.2, 0.25) is 0 Å². The van der Waals surface area contributed by atoms with Gasteiger partial charge in [-0.15, -0.1) is 0 Å². The Hall–Kier alpha value is -2.75. The Morgan fingerprint density at radius 1 is 1.15 bits per heavy atom. The fourth-order valence-corrected chi connectivity index (χ4v) is 2.14. The number of Topliss-reactive ketones (excluding diaryl/α,β-unsaturated/α-hetero) is 1. The van der Waals surface area contributed by atoms with Crippen molar-refractivity contribution in [3.05, 3.63) is 71.1 Å². The summed E-state index contributed by atoms with van der Waals surface area (Å²) in [6, 6.07) is 10.7. The quantitative estimate of drug-likeness (QED) is 0.867. The molecule has 0 spiro atoms. The molecule has 0 bridgehead atoms. The van der Waals surface area contributed by atoms with Gasteiger partial charge in [-0.2, -0.15) is 0 Å². The number of carbonyl (C=O) groups is 1. The van der Waals surface area contributed by atoms with Gasteiger partial charge in [-0.05, 0) is 11.6 Å². The van der Waals surface area contributed by atoms with Crippen LogP contribution in [0.15, 0.2) is 59.4 Å². The summed E-state index contributed by atoms with van der Waals surface area (Å²) in [6.45, 7) is 0.425. The van der Waals surface area contributed by atoms with Gasteiger partial charge < -0.3 is 5.11 Å². The number of aromatic nitrogens is 1. The zero-order chi connectivity index (χ0) is 13.9. The molecule has 0 radical (unpaired) electrons. The third-order valence-electron chi connectivity index (χ3n) is 3.14. The summed E-state index contributed by atoms with van der Waals surface area (Å²) in [5.41, 5.74) is 2.29. The zero-order valence-corrected chi connectivity index (χ0v) is 10.7. The van der Waals surface area contributed by atoms with Crippen LogP contribution in [0.3, 0.4) is 0 Å². The first-order valence-electron chi connectivity index (χ1n) is 6.23. The van der Waals surface area contributed by atoms with Gasteiger partial charge >= 0.3 is 0 Å². The van der Waals surface area contributed by atoms with E-state index < -0.39 is 0 Å². The lowest BCUT2D eigenvalue weighted by atomic mass is 10.1. The molecule has 1 aliphatic rings. The standard InChI is InChI=1S/C16H12N2O2/c19-15-12-5-1-2-6-13(12)16(20)14(15)10-18-9-11-4-3-7-17-8-11/h1-8,10,19H,9H2. The van der Waals surface area contributed by atoms with E-state index in [-0.39, 0.29) is 17.1 Å². The number of carbonyl (C=O) groups excluding carboxylic acids is 1. The first-order chi connectivity index (χ1) is 9.77. The number of benzene rings is 1. The maximum atomic E-state index is 12.1. The number of rotatable bonds is 3. The second-order valence-electron chi connectivity index (χ2n) is 4.47. The molecule has 0 saturated heterocycles. The highest BCUT2D eigenvalue weighted by molar-refractivity contribution is 6.30. The first kappa shape index (κ1) is 12.3. The molecule has 3 rings (SSSR count). The lowest BCUT2D eigenvalue weighted by molar-refractivity contribution is 0.104. The van der Waals surface area contributed by atoms with Crippen molar-refractivity contribution in [1.82, 2.24) is 4.98 Å². The summed E-state index contributed by atoms with van der Waals surface area (Å²) < 4.78 is 0. The van der Waals surface area contributed by atoms with E-state index in [1.807, 2.05) is 12.1 Å². The van der Waals surface area contributed by atoms with E-state index in [2.05, 4.69) is 9.98 Å². The first-order valence-corrected chi connectivity index (χ1v) is 6.23. The van der Waals surface area contributed by atoms with Crippen LogP contribution in [0.5, 0.6) is 0 Å². The summed E-state index contributed by atoms with van der Waals surface area (Å²) in [5, 5.41) is 10.1. The second kappa shape index (κ2) is 5.09. The zero-order valence-electron chi connectivity index (χ0n) is 10.7. The highest BCUT2D eigenvalue weighted by atomic mass is 16.3. The van der Waals surface area contributed by atoms with Crippen LogP contribution in [0.4, 0.5) is 0 Å². The van der Waals surface area contributed by atoms with Crippen molar-refractivity contribution >= 4 is 17.8 Å². The minimum absolute atomic E-state index is 0.000497. The molecule has 1 heterocycles. The van der Waals surface area contributed by atoms with Crippen molar-refractivity contribution in [3.8, 4) is 0 Å². The Bertz CT molecular complexity index is 718. The van der Waals surface area contributed by atoms with E-state index in [1.165, 1.54) is 6.21 Å². The van der Waals surface area contributed by atoms with Gasteiger partial charge in [0.1, 0.15) is 5.76 Å². The third kappa shape index (κ3) is 2.12. The molecular weight excluding hydrogens is 252 g/mol. The van der Waals surface area contributed by atoms with E-state index >= 15 is 0 Å². The van der Waals surface area contributed by atoms with Crippen LogP contribution in [-0.4, -0.2) is 22.1 Å². The van der Waals surface area contributed by atoms with Gasteiger partial charge in [-0.1, -0.05) is 30.3 Å². The Morgan fingerprint density at radius 2 is 1.95 bits per heavy atom. The highest BCUT2D eigenvalue weighted by Crippen LogP contribution is 2.29. The van der Waals surface area contributed by atoms with Crippen LogP contribution in [0.1, 0.15) is 21.5 Å². The molecule has 0 amide bonds. The van der Waals surface area contributed by atoms with Crippen LogP contribution < -0.4 is 0 Å². The lowest BCUT2D eigenvalue weighted by Gasteiger charge is -1.95. The summed E-state index contributed by atoms with van der Waals surface area (Å²) in [7, 11) is 0. The SMILES string of the molecule is O=C1C(C=NCc2cccnc2)=C(O)c2ccccc21. The maximum absolute atomic E-state index is 12.1. The number of aliphatic hydroxyl groups excluding tert-OH is 1. The number of aliphatic imine (C=N–C) groups is 1. The molecule has 4 nitrogen and oxygen atoms in total. The smallest absolute Gasteiger partial charge is 0.199 e. The predicted octanol–water partition coefficient (Wildman–Crippen LogP) is 2.82. The van der Waals surface area contributed by atoms with Crippen molar-refractivity contribution in [1.29, 1.82) is 0 Å². The van der Waals surface area contributed by atoms with E-state index in [0.717, 1.165) is 5.56 Å². The number of aliphatic hydroxyl groups is 1. The van der Waals surface area contributed by atoms with Crippen molar-refractivity contribution in [3.63, 3.8) is 0 Å². The Kier molecular flexibility index (Phi) is 3.13. The monoisotopic (exact) mass is 264 g/mol. The van der Waals surface area contributed by atoms with E-state index in [0.29, 0.717) is 17.7 Å². The van der Waals surface area contributed by atoms with Gasteiger partial charge in [0.25, 0.3) is 0 Å². The van der Waals surface area contributed by atoms with Gasteiger partial charge in [0.05, 0.1) is 12.1 Å². The normalized spacial score (nSPS) is 14.1. The minimum Gasteiger partial charge on any atom is -0.506 e. The number of hydrogen-bond acceptors (Lipinski definition) is 4. The highest BCUT2D eigenvalue weighted by Gasteiger charge is 2.27. The molecule has 0 saturated carbocycles. The topological polar surface area (TPSA) is 62.5 Å². The van der Waals surface area contributed by atoms with Crippen LogP contribution >= 0.6 is 0 Å². The molecule has 20 heavy (non-hydrogen) atoms.